The SMILES string of the molecule is Cc1cc(C(=O)N2CCN(CC(C)O)CC2)c2c(C3CC3)noc2n1. The van der Waals surface area contributed by atoms with Gasteiger partial charge in [-0.1, -0.05) is 5.16 Å². The normalized spacial score (nSPS) is 20.2. The number of pyridine rings is 1. The Kier molecular flexibility index (Phi) is 4.21. The molecule has 7 heteroatoms. The van der Waals surface area contributed by atoms with E-state index in [0.29, 0.717) is 36.8 Å². The maximum Gasteiger partial charge on any atom is 0.259 e. The maximum atomic E-state index is 13.1. The van der Waals surface area contributed by atoms with E-state index in [1.54, 1.807) is 6.92 Å². The van der Waals surface area contributed by atoms with Gasteiger partial charge < -0.3 is 14.5 Å². The second-order valence-electron chi connectivity index (χ2n) is 7.28. The molecule has 2 aromatic rings. The number of aliphatic hydroxyl groups excluding tert-OH is 1. The molecule has 1 saturated heterocycles. The van der Waals surface area contributed by atoms with E-state index in [9.17, 15) is 9.90 Å². The van der Waals surface area contributed by atoms with Crippen LogP contribution in [0.4, 0.5) is 0 Å². The Balaban J connectivity index is 1.59. The van der Waals surface area contributed by atoms with Gasteiger partial charge >= 0.3 is 0 Å². The first kappa shape index (κ1) is 16.5. The van der Waals surface area contributed by atoms with Crippen LogP contribution in [0.2, 0.25) is 0 Å². The molecule has 1 aliphatic heterocycles. The molecule has 1 amide bonds. The molecule has 4 rings (SSSR count). The average molecular weight is 344 g/mol. The molecule has 25 heavy (non-hydrogen) atoms. The van der Waals surface area contributed by atoms with E-state index < -0.39 is 0 Å². The van der Waals surface area contributed by atoms with Gasteiger partial charge in [0.15, 0.2) is 0 Å². The molecular formula is C18H24N4O3. The molecular weight excluding hydrogens is 320 g/mol. The van der Waals surface area contributed by atoms with E-state index >= 15 is 0 Å². The monoisotopic (exact) mass is 344 g/mol. The van der Waals surface area contributed by atoms with Crippen LogP contribution < -0.4 is 0 Å². The van der Waals surface area contributed by atoms with Gasteiger partial charge in [-0.25, -0.2) is 4.98 Å². The lowest BCUT2D eigenvalue weighted by atomic mass is 10.1. The minimum absolute atomic E-state index is 0.0253. The second-order valence-corrected chi connectivity index (χ2v) is 7.28. The summed E-state index contributed by atoms with van der Waals surface area (Å²) in [6.45, 7) is 7.20. The molecule has 1 aliphatic carbocycles. The molecule has 0 bridgehead atoms. The van der Waals surface area contributed by atoms with Crippen LogP contribution >= 0.6 is 0 Å². The summed E-state index contributed by atoms with van der Waals surface area (Å²) >= 11 is 0. The summed E-state index contributed by atoms with van der Waals surface area (Å²) in [5.74, 6) is 0.428. The Morgan fingerprint density at radius 2 is 2.08 bits per heavy atom. The van der Waals surface area contributed by atoms with Gasteiger partial charge in [-0.3, -0.25) is 9.69 Å². The van der Waals surface area contributed by atoms with Gasteiger partial charge in [-0.05, 0) is 32.8 Å². The third-order valence-corrected chi connectivity index (χ3v) is 4.98. The second kappa shape index (κ2) is 6.38. The van der Waals surface area contributed by atoms with Crippen LogP contribution in [-0.2, 0) is 0 Å². The number of carbonyl (C=O) groups excluding carboxylic acids is 1. The minimum atomic E-state index is -0.345. The highest BCUT2D eigenvalue weighted by Gasteiger charge is 2.33. The zero-order chi connectivity index (χ0) is 17.6. The van der Waals surface area contributed by atoms with Crippen LogP contribution in [0.1, 0.15) is 47.4 Å². The minimum Gasteiger partial charge on any atom is -0.392 e. The first-order valence-electron chi connectivity index (χ1n) is 8.99. The fourth-order valence-corrected chi connectivity index (χ4v) is 3.58. The lowest BCUT2D eigenvalue weighted by Gasteiger charge is -2.35. The molecule has 1 saturated carbocycles. The van der Waals surface area contributed by atoms with Gasteiger partial charge in [0, 0.05) is 44.3 Å². The van der Waals surface area contributed by atoms with Gasteiger partial charge in [0.25, 0.3) is 11.6 Å². The molecule has 3 heterocycles. The van der Waals surface area contributed by atoms with E-state index in [2.05, 4.69) is 15.0 Å². The number of amides is 1. The molecule has 0 spiro atoms. The number of aryl methyl sites for hydroxylation is 1. The van der Waals surface area contributed by atoms with Crippen molar-refractivity contribution in [3.05, 3.63) is 23.0 Å². The van der Waals surface area contributed by atoms with Gasteiger partial charge in [-0.15, -0.1) is 0 Å². The van der Waals surface area contributed by atoms with Crippen molar-refractivity contribution in [1.29, 1.82) is 0 Å². The third kappa shape index (κ3) is 3.26. The van der Waals surface area contributed by atoms with Crippen molar-refractivity contribution in [3.8, 4) is 0 Å². The number of rotatable bonds is 4. The number of aliphatic hydroxyl groups is 1. The highest BCUT2D eigenvalue weighted by atomic mass is 16.5. The zero-order valence-corrected chi connectivity index (χ0v) is 14.7. The predicted molar refractivity (Wildman–Crippen MR) is 92.5 cm³/mol. The lowest BCUT2D eigenvalue weighted by molar-refractivity contribution is 0.0555. The highest BCUT2D eigenvalue weighted by Crippen LogP contribution is 2.43. The summed E-state index contributed by atoms with van der Waals surface area (Å²) in [4.78, 5) is 21.6. The van der Waals surface area contributed by atoms with Crippen LogP contribution in [0.15, 0.2) is 10.6 Å². The maximum absolute atomic E-state index is 13.1. The van der Waals surface area contributed by atoms with Gasteiger partial charge in [0.1, 0.15) is 0 Å². The molecule has 2 aliphatic rings. The van der Waals surface area contributed by atoms with Crippen LogP contribution in [0, 0.1) is 6.92 Å². The Hall–Kier alpha value is -1.99. The highest BCUT2D eigenvalue weighted by molar-refractivity contribution is 6.06. The van der Waals surface area contributed by atoms with Crippen molar-refractivity contribution >= 4 is 17.0 Å². The van der Waals surface area contributed by atoms with Gasteiger partial charge in [-0.2, -0.15) is 0 Å². The van der Waals surface area contributed by atoms with E-state index in [1.807, 2.05) is 17.9 Å². The molecule has 0 radical (unpaired) electrons. The molecule has 2 fully saturated rings. The van der Waals surface area contributed by atoms with Crippen molar-refractivity contribution in [2.75, 3.05) is 32.7 Å². The summed E-state index contributed by atoms with van der Waals surface area (Å²) < 4.78 is 5.40. The average Bonchev–Trinajstić information content (AvgIpc) is 3.33. The Labute approximate surface area is 146 Å². The third-order valence-electron chi connectivity index (χ3n) is 4.98. The Morgan fingerprint density at radius 1 is 1.36 bits per heavy atom. The smallest absolute Gasteiger partial charge is 0.259 e. The topological polar surface area (TPSA) is 82.7 Å². The zero-order valence-electron chi connectivity index (χ0n) is 14.7. The van der Waals surface area contributed by atoms with Crippen LogP contribution in [0.25, 0.3) is 11.1 Å². The van der Waals surface area contributed by atoms with Crippen molar-refractivity contribution in [1.82, 2.24) is 19.9 Å². The number of piperazine rings is 1. The summed E-state index contributed by atoms with van der Waals surface area (Å²) in [6.07, 6.45) is 1.85. The quantitative estimate of drug-likeness (QED) is 0.906. The first-order valence-corrected chi connectivity index (χ1v) is 8.99. The summed E-state index contributed by atoms with van der Waals surface area (Å²) in [6, 6.07) is 1.86. The van der Waals surface area contributed by atoms with Gasteiger partial charge in [0.2, 0.25) is 0 Å². The first-order chi connectivity index (χ1) is 12.0. The number of nitrogens with zero attached hydrogens (tertiary/aromatic N) is 4. The molecule has 1 atom stereocenters. The number of fused-ring (bicyclic) bond motifs is 1. The Bertz CT molecular complexity index is 789. The van der Waals surface area contributed by atoms with E-state index in [-0.39, 0.29) is 12.0 Å². The Morgan fingerprint density at radius 3 is 2.72 bits per heavy atom. The van der Waals surface area contributed by atoms with E-state index in [0.717, 1.165) is 42.7 Å². The summed E-state index contributed by atoms with van der Waals surface area (Å²) in [7, 11) is 0. The van der Waals surface area contributed by atoms with Gasteiger partial charge in [0.05, 0.1) is 22.7 Å². The molecule has 0 aromatic carbocycles. The number of hydrogen-bond acceptors (Lipinski definition) is 6. The van der Waals surface area contributed by atoms with Crippen molar-refractivity contribution < 1.29 is 14.4 Å². The van der Waals surface area contributed by atoms with Crippen molar-refractivity contribution in [2.24, 2.45) is 0 Å². The van der Waals surface area contributed by atoms with Crippen molar-refractivity contribution in [2.45, 2.75) is 38.7 Å². The van der Waals surface area contributed by atoms with Crippen LogP contribution in [-0.4, -0.2) is 69.8 Å². The summed E-state index contributed by atoms with van der Waals surface area (Å²) in [5, 5.41) is 14.5. The molecule has 7 nitrogen and oxygen atoms in total. The molecule has 134 valence electrons. The van der Waals surface area contributed by atoms with E-state index in [4.69, 9.17) is 4.52 Å². The fourth-order valence-electron chi connectivity index (χ4n) is 3.58. The standard InChI is InChI=1S/C18H24N4O3/c1-11-9-14(15-16(13-3-4-13)20-25-17(15)19-11)18(24)22-7-5-21(6-8-22)10-12(2)23/h9,12-13,23H,3-8,10H2,1-2H3. The number of hydrogen-bond donors (Lipinski definition) is 1. The molecule has 1 N–H and O–H groups in total. The number of aromatic nitrogens is 2. The lowest BCUT2D eigenvalue weighted by Crippen LogP contribution is -2.50. The van der Waals surface area contributed by atoms with Crippen LogP contribution in [0.5, 0.6) is 0 Å². The molecule has 1 unspecified atom stereocenters. The van der Waals surface area contributed by atoms with E-state index in [1.165, 1.54) is 0 Å². The largest absolute Gasteiger partial charge is 0.392 e. The van der Waals surface area contributed by atoms with Crippen molar-refractivity contribution in [3.63, 3.8) is 0 Å². The predicted octanol–water partition coefficient (Wildman–Crippen LogP) is 1.55. The number of β-amino-alcohol motifs (C(OH)–C–C–N with tert-alkyl or cyclic N) is 1. The molecule has 2 aromatic heterocycles. The summed E-state index contributed by atoms with van der Waals surface area (Å²) in [5.41, 5.74) is 2.79. The fraction of sp³-hybridized carbons (Fsp3) is 0.611. The number of carbonyl (C=O) groups is 1. The van der Waals surface area contributed by atoms with Crippen LogP contribution in [0.3, 0.4) is 0 Å².